The number of nitriles is 1. The minimum absolute atomic E-state index is 0.0417. The molecule has 5 rings (SSSR count). The number of fused-ring (bicyclic) bond motifs is 4. The number of hydrogen-bond acceptors (Lipinski definition) is 5. The van der Waals surface area contributed by atoms with E-state index in [0.29, 0.717) is 23.2 Å². The standard InChI is InChI=1S/C30H33BrN4O3/c1-29(2,3)38-28(37)33-20-8-10-35(11-9-20)16-18-13-23-22(12-17(18)15-32)26(36)25-21-7-6-19(31)14-24(21)34-27(25)30(23,4)5/h6-7,12-14,20,34H,8-11,16H2,1-5H3,(H,33,37). The summed E-state index contributed by atoms with van der Waals surface area (Å²) in [6.45, 7) is 12.0. The van der Waals surface area contributed by atoms with Gasteiger partial charge in [-0.05, 0) is 62.9 Å². The Hall–Kier alpha value is -3.15. The van der Waals surface area contributed by atoms with E-state index in [1.165, 1.54) is 0 Å². The van der Waals surface area contributed by atoms with Gasteiger partial charge >= 0.3 is 6.09 Å². The molecule has 3 aromatic rings. The molecule has 198 valence electrons. The number of amides is 1. The summed E-state index contributed by atoms with van der Waals surface area (Å²) >= 11 is 3.53. The molecular weight excluding hydrogens is 544 g/mol. The van der Waals surface area contributed by atoms with Crippen molar-refractivity contribution >= 4 is 38.7 Å². The Morgan fingerprint density at radius 3 is 2.61 bits per heavy atom. The van der Waals surface area contributed by atoms with E-state index in [1.54, 1.807) is 6.07 Å². The molecule has 38 heavy (non-hydrogen) atoms. The lowest BCUT2D eigenvalue weighted by molar-refractivity contribution is 0.0477. The van der Waals surface area contributed by atoms with E-state index in [-0.39, 0.29) is 17.9 Å². The zero-order valence-corrected chi connectivity index (χ0v) is 24.1. The maximum atomic E-state index is 13.7. The van der Waals surface area contributed by atoms with Crippen molar-refractivity contribution in [3.05, 3.63) is 68.3 Å². The number of nitrogens with one attached hydrogen (secondary N) is 2. The van der Waals surface area contributed by atoms with Gasteiger partial charge in [0, 0.05) is 57.7 Å². The normalized spacial score (nSPS) is 17.6. The zero-order valence-electron chi connectivity index (χ0n) is 22.5. The number of H-pyrrole nitrogens is 1. The van der Waals surface area contributed by atoms with Crippen LogP contribution in [-0.4, -0.2) is 46.5 Å². The van der Waals surface area contributed by atoms with E-state index >= 15 is 0 Å². The summed E-state index contributed by atoms with van der Waals surface area (Å²) in [5.74, 6) is -0.0417. The SMILES string of the molecule is CC(C)(C)OC(=O)NC1CCN(Cc2cc3c(cc2C#N)C(=O)c2c([nH]c4cc(Br)ccc24)C3(C)C)CC1. The average molecular weight is 578 g/mol. The first kappa shape index (κ1) is 26.5. The van der Waals surface area contributed by atoms with Crippen LogP contribution in [0.15, 0.2) is 34.8 Å². The van der Waals surface area contributed by atoms with Gasteiger partial charge in [-0.15, -0.1) is 0 Å². The number of ether oxygens (including phenoxy) is 1. The first-order valence-electron chi connectivity index (χ1n) is 13.0. The fraction of sp³-hybridized carbons (Fsp3) is 0.433. The molecule has 1 saturated heterocycles. The molecule has 2 aliphatic rings. The number of likely N-dealkylation sites (tertiary alicyclic amines) is 1. The second kappa shape index (κ2) is 9.55. The molecule has 2 aromatic carbocycles. The molecule has 2 heterocycles. The van der Waals surface area contributed by atoms with Crippen molar-refractivity contribution < 1.29 is 14.3 Å². The maximum Gasteiger partial charge on any atom is 0.407 e. The number of carbonyl (C=O) groups excluding carboxylic acids is 2. The minimum atomic E-state index is -0.523. The monoisotopic (exact) mass is 576 g/mol. The quantitative estimate of drug-likeness (QED) is 0.389. The number of nitrogens with zero attached hydrogens (tertiary/aromatic N) is 2. The number of carbonyl (C=O) groups is 2. The molecule has 1 aliphatic heterocycles. The molecule has 0 saturated carbocycles. The summed E-state index contributed by atoms with van der Waals surface area (Å²) in [7, 11) is 0. The average Bonchev–Trinajstić information content (AvgIpc) is 3.22. The smallest absolute Gasteiger partial charge is 0.407 e. The van der Waals surface area contributed by atoms with E-state index in [1.807, 2.05) is 39.0 Å². The van der Waals surface area contributed by atoms with Crippen LogP contribution in [0.2, 0.25) is 0 Å². The summed E-state index contributed by atoms with van der Waals surface area (Å²) in [4.78, 5) is 31.7. The number of benzene rings is 2. The van der Waals surface area contributed by atoms with Crippen LogP contribution in [-0.2, 0) is 16.7 Å². The molecule has 1 aliphatic carbocycles. The topological polar surface area (TPSA) is 98.2 Å². The fourth-order valence-corrected chi connectivity index (χ4v) is 6.04. The lowest BCUT2D eigenvalue weighted by Crippen LogP contribution is -2.45. The molecule has 1 aromatic heterocycles. The highest BCUT2D eigenvalue weighted by molar-refractivity contribution is 9.10. The number of alkyl carbamates (subject to hydrolysis) is 1. The Morgan fingerprint density at radius 1 is 1.24 bits per heavy atom. The third kappa shape index (κ3) is 4.85. The van der Waals surface area contributed by atoms with Gasteiger partial charge in [0.2, 0.25) is 0 Å². The van der Waals surface area contributed by atoms with Crippen molar-refractivity contribution in [2.75, 3.05) is 13.1 Å². The van der Waals surface area contributed by atoms with Crippen molar-refractivity contribution in [3.8, 4) is 6.07 Å². The van der Waals surface area contributed by atoms with Gasteiger partial charge in [-0.3, -0.25) is 9.69 Å². The van der Waals surface area contributed by atoms with Gasteiger partial charge in [-0.2, -0.15) is 5.26 Å². The van der Waals surface area contributed by atoms with Crippen molar-refractivity contribution in [2.24, 2.45) is 0 Å². The van der Waals surface area contributed by atoms with Crippen molar-refractivity contribution in [3.63, 3.8) is 0 Å². The van der Waals surface area contributed by atoms with Crippen molar-refractivity contribution in [1.82, 2.24) is 15.2 Å². The van der Waals surface area contributed by atoms with Crippen LogP contribution in [0.3, 0.4) is 0 Å². The van der Waals surface area contributed by atoms with E-state index in [4.69, 9.17) is 4.74 Å². The van der Waals surface area contributed by atoms with Crippen LogP contribution in [0.4, 0.5) is 4.79 Å². The van der Waals surface area contributed by atoms with Crippen LogP contribution in [0.1, 0.15) is 85.8 Å². The van der Waals surface area contributed by atoms with Gasteiger partial charge in [0.1, 0.15) is 5.60 Å². The Morgan fingerprint density at radius 2 is 1.95 bits per heavy atom. The Balaban J connectivity index is 1.38. The molecule has 1 fully saturated rings. The first-order valence-corrected chi connectivity index (χ1v) is 13.8. The lowest BCUT2D eigenvalue weighted by Gasteiger charge is -2.35. The number of aromatic amines is 1. The summed E-state index contributed by atoms with van der Waals surface area (Å²) in [6.07, 6.45) is 1.24. The van der Waals surface area contributed by atoms with E-state index in [2.05, 4.69) is 57.1 Å². The fourth-order valence-electron chi connectivity index (χ4n) is 5.68. The number of halogens is 1. The number of rotatable bonds is 3. The molecule has 1 amide bonds. The van der Waals surface area contributed by atoms with Crippen LogP contribution >= 0.6 is 15.9 Å². The summed E-state index contributed by atoms with van der Waals surface area (Å²) in [5, 5.41) is 13.9. The van der Waals surface area contributed by atoms with Crippen LogP contribution in [0.25, 0.3) is 10.9 Å². The molecule has 0 unspecified atom stereocenters. The highest BCUT2D eigenvalue weighted by Gasteiger charge is 2.40. The lowest BCUT2D eigenvalue weighted by atomic mass is 9.70. The number of ketones is 1. The van der Waals surface area contributed by atoms with Gasteiger partial charge in [-0.25, -0.2) is 4.79 Å². The summed E-state index contributed by atoms with van der Waals surface area (Å²) in [6, 6.07) is 12.2. The predicted molar refractivity (Wildman–Crippen MR) is 150 cm³/mol. The van der Waals surface area contributed by atoms with Crippen LogP contribution in [0, 0.1) is 11.3 Å². The molecule has 0 spiro atoms. The van der Waals surface area contributed by atoms with E-state index in [0.717, 1.165) is 58.1 Å². The third-order valence-corrected chi connectivity index (χ3v) is 8.09. The Kier molecular flexibility index (Phi) is 6.65. The van der Waals surface area contributed by atoms with Gasteiger partial charge in [0.25, 0.3) is 0 Å². The molecule has 8 heteroatoms. The second-order valence-electron chi connectivity index (χ2n) is 11.9. The van der Waals surface area contributed by atoms with Gasteiger partial charge < -0.3 is 15.0 Å². The van der Waals surface area contributed by atoms with E-state index < -0.39 is 11.0 Å². The molecular formula is C30H33BrN4O3. The highest BCUT2D eigenvalue weighted by Crippen LogP contribution is 2.44. The predicted octanol–water partition coefficient (Wildman–Crippen LogP) is 6.16. The molecule has 0 atom stereocenters. The van der Waals surface area contributed by atoms with Gasteiger partial charge in [-0.1, -0.05) is 41.9 Å². The van der Waals surface area contributed by atoms with Crippen molar-refractivity contribution in [1.29, 1.82) is 5.26 Å². The first-order chi connectivity index (χ1) is 17.9. The highest BCUT2D eigenvalue weighted by atomic mass is 79.9. The van der Waals surface area contributed by atoms with Gasteiger partial charge in [0.05, 0.1) is 17.2 Å². The summed E-state index contributed by atoms with van der Waals surface area (Å²) < 4.78 is 6.34. The van der Waals surface area contributed by atoms with E-state index in [9.17, 15) is 14.9 Å². The minimum Gasteiger partial charge on any atom is -0.444 e. The van der Waals surface area contributed by atoms with Crippen molar-refractivity contribution in [2.45, 2.75) is 71.1 Å². The second-order valence-corrected chi connectivity index (χ2v) is 12.8. The van der Waals surface area contributed by atoms with Crippen LogP contribution < -0.4 is 5.32 Å². The largest absolute Gasteiger partial charge is 0.444 e. The number of hydrogen-bond donors (Lipinski definition) is 2. The Labute approximate surface area is 231 Å². The summed E-state index contributed by atoms with van der Waals surface area (Å²) in [5.41, 5.74) is 4.57. The maximum absolute atomic E-state index is 13.7. The number of aromatic nitrogens is 1. The van der Waals surface area contributed by atoms with Crippen LogP contribution in [0.5, 0.6) is 0 Å². The molecule has 0 radical (unpaired) electrons. The number of piperidine rings is 1. The Bertz CT molecular complexity index is 1480. The molecule has 7 nitrogen and oxygen atoms in total. The van der Waals surface area contributed by atoms with Gasteiger partial charge in [0.15, 0.2) is 5.78 Å². The third-order valence-electron chi connectivity index (χ3n) is 7.60. The molecule has 2 N–H and O–H groups in total. The molecule has 0 bridgehead atoms. The zero-order chi connectivity index (χ0) is 27.4.